The molecule has 2 aromatic rings. The van der Waals surface area contributed by atoms with Crippen LogP contribution in [0.25, 0.3) is 0 Å². The molecule has 0 spiro atoms. The van der Waals surface area contributed by atoms with Crippen LogP contribution >= 0.6 is 22.6 Å². The molecule has 1 aromatic heterocycles. The maximum absolute atomic E-state index is 12.1. The number of pyridine rings is 1. The lowest BCUT2D eigenvalue weighted by atomic mass is 10.2. The van der Waals surface area contributed by atoms with Gasteiger partial charge in [-0.3, -0.25) is 4.79 Å². The summed E-state index contributed by atoms with van der Waals surface area (Å²) >= 11 is 2.05. The Kier molecular flexibility index (Phi) is 4.63. The van der Waals surface area contributed by atoms with E-state index in [4.69, 9.17) is 4.74 Å². The maximum atomic E-state index is 12.1. The lowest BCUT2D eigenvalue weighted by Crippen LogP contribution is -2.24. The third-order valence-corrected chi connectivity index (χ3v) is 3.81. The molecule has 0 unspecified atom stereocenters. The molecule has 0 N–H and O–H groups in total. The summed E-state index contributed by atoms with van der Waals surface area (Å²) in [6.45, 7) is 4.45. The van der Waals surface area contributed by atoms with Crippen molar-refractivity contribution in [2.45, 2.75) is 26.5 Å². The minimum atomic E-state index is 0.00108. The number of rotatable bonds is 4. The van der Waals surface area contributed by atoms with Gasteiger partial charge in [0.05, 0.1) is 0 Å². The number of aromatic nitrogens is 1. The van der Waals surface area contributed by atoms with Crippen LogP contribution in [0, 0.1) is 3.57 Å². The highest BCUT2D eigenvalue weighted by Crippen LogP contribution is 2.19. The quantitative estimate of drug-likeness (QED) is 0.771. The van der Waals surface area contributed by atoms with E-state index in [0.717, 1.165) is 5.56 Å². The molecule has 0 fully saturated rings. The fourth-order valence-corrected chi connectivity index (χ4v) is 2.38. The second-order valence-electron chi connectivity index (χ2n) is 4.57. The molecule has 0 bridgehead atoms. The monoisotopic (exact) mass is 369 g/mol. The van der Waals surface area contributed by atoms with Gasteiger partial charge in [0.15, 0.2) is 0 Å². The highest BCUT2D eigenvalue weighted by atomic mass is 127. The minimum absolute atomic E-state index is 0.00108. The summed E-state index contributed by atoms with van der Waals surface area (Å²) in [6.07, 6.45) is 1.79. The first-order valence-corrected chi connectivity index (χ1v) is 7.25. The van der Waals surface area contributed by atoms with E-state index < -0.39 is 0 Å². The van der Waals surface area contributed by atoms with Gasteiger partial charge < -0.3 is 9.30 Å². The van der Waals surface area contributed by atoms with Crippen LogP contribution in [0.5, 0.6) is 5.75 Å². The van der Waals surface area contributed by atoms with Gasteiger partial charge in [0.2, 0.25) is 0 Å². The summed E-state index contributed by atoms with van der Waals surface area (Å²) < 4.78 is 8.05. The zero-order valence-corrected chi connectivity index (χ0v) is 13.1. The van der Waals surface area contributed by atoms with Crippen molar-refractivity contribution in [2.75, 3.05) is 0 Å². The van der Waals surface area contributed by atoms with Crippen LogP contribution in [0.3, 0.4) is 0 Å². The van der Waals surface area contributed by atoms with Gasteiger partial charge in [0.25, 0.3) is 5.56 Å². The van der Waals surface area contributed by atoms with E-state index >= 15 is 0 Å². The molecular formula is C15H16INO2. The number of hydrogen-bond acceptors (Lipinski definition) is 2. The molecule has 4 heteroatoms. The summed E-state index contributed by atoms with van der Waals surface area (Å²) in [5, 5.41) is 0. The third kappa shape index (κ3) is 3.37. The normalized spacial score (nSPS) is 10.7. The van der Waals surface area contributed by atoms with Crippen molar-refractivity contribution in [1.29, 1.82) is 0 Å². The van der Waals surface area contributed by atoms with E-state index in [1.807, 2.05) is 72.8 Å². The highest BCUT2D eigenvalue weighted by Gasteiger charge is 2.10. The van der Waals surface area contributed by atoms with E-state index in [0.29, 0.717) is 15.9 Å². The Labute approximate surface area is 126 Å². The number of hydrogen-bond donors (Lipinski definition) is 0. The molecule has 1 aromatic carbocycles. The second kappa shape index (κ2) is 6.23. The number of halogens is 1. The Morgan fingerprint density at radius 3 is 2.53 bits per heavy atom. The maximum Gasteiger partial charge on any atom is 0.268 e. The second-order valence-corrected chi connectivity index (χ2v) is 5.65. The van der Waals surface area contributed by atoms with E-state index in [1.54, 1.807) is 10.8 Å². The topological polar surface area (TPSA) is 31.2 Å². The van der Waals surface area contributed by atoms with Crippen molar-refractivity contribution in [3.63, 3.8) is 0 Å². The summed E-state index contributed by atoms with van der Waals surface area (Å²) in [4.78, 5) is 12.1. The molecule has 0 radical (unpaired) electrons. The van der Waals surface area contributed by atoms with Crippen LogP contribution in [-0.4, -0.2) is 4.57 Å². The molecule has 100 valence electrons. The van der Waals surface area contributed by atoms with Gasteiger partial charge in [-0.05, 0) is 48.1 Å². The van der Waals surface area contributed by atoms with Gasteiger partial charge in [-0.2, -0.15) is 0 Å². The zero-order valence-electron chi connectivity index (χ0n) is 11.0. The SMILES string of the molecule is CC(C)n1ccc(OCc2ccccc2)c(I)c1=O. The van der Waals surface area contributed by atoms with Gasteiger partial charge in [-0.1, -0.05) is 30.3 Å². The largest absolute Gasteiger partial charge is 0.488 e. The van der Waals surface area contributed by atoms with Crippen LogP contribution < -0.4 is 10.3 Å². The minimum Gasteiger partial charge on any atom is -0.488 e. The molecule has 0 aliphatic rings. The van der Waals surface area contributed by atoms with Gasteiger partial charge in [0, 0.05) is 12.2 Å². The lowest BCUT2D eigenvalue weighted by molar-refractivity contribution is 0.302. The lowest BCUT2D eigenvalue weighted by Gasteiger charge is -2.13. The molecule has 19 heavy (non-hydrogen) atoms. The van der Waals surface area contributed by atoms with Crippen molar-refractivity contribution in [3.05, 3.63) is 62.1 Å². The Hall–Kier alpha value is -1.30. The molecule has 2 rings (SSSR count). The van der Waals surface area contributed by atoms with Crippen molar-refractivity contribution < 1.29 is 4.74 Å². The van der Waals surface area contributed by atoms with E-state index in [2.05, 4.69) is 0 Å². The van der Waals surface area contributed by atoms with Gasteiger partial charge in [-0.25, -0.2) is 0 Å². The van der Waals surface area contributed by atoms with Crippen molar-refractivity contribution >= 4 is 22.6 Å². The molecule has 0 saturated heterocycles. The first kappa shape index (κ1) is 14.1. The first-order valence-electron chi connectivity index (χ1n) is 6.17. The fourth-order valence-electron chi connectivity index (χ4n) is 1.76. The van der Waals surface area contributed by atoms with Crippen LogP contribution in [0.4, 0.5) is 0 Å². The van der Waals surface area contributed by atoms with Crippen LogP contribution in [0.1, 0.15) is 25.5 Å². The molecule has 0 saturated carbocycles. The van der Waals surface area contributed by atoms with Crippen LogP contribution in [0.15, 0.2) is 47.4 Å². The molecular weight excluding hydrogens is 353 g/mol. The predicted octanol–water partition coefficient (Wildman–Crippen LogP) is 3.61. The third-order valence-electron chi connectivity index (χ3n) is 2.82. The Bertz CT molecular complexity index is 605. The average molecular weight is 369 g/mol. The van der Waals surface area contributed by atoms with Crippen molar-refractivity contribution in [2.24, 2.45) is 0 Å². The van der Waals surface area contributed by atoms with E-state index in [-0.39, 0.29) is 11.6 Å². The number of nitrogens with zero attached hydrogens (tertiary/aromatic N) is 1. The Morgan fingerprint density at radius 1 is 1.21 bits per heavy atom. The molecule has 3 nitrogen and oxygen atoms in total. The van der Waals surface area contributed by atoms with E-state index in [1.165, 1.54) is 0 Å². The van der Waals surface area contributed by atoms with Crippen LogP contribution in [-0.2, 0) is 6.61 Å². The highest BCUT2D eigenvalue weighted by molar-refractivity contribution is 14.1. The first-order chi connectivity index (χ1) is 9.09. The molecule has 0 aliphatic carbocycles. The summed E-state index contributed by atoms with van der Waals surface area (Å²) in [6, 6.07) is 11.9. The summed E-state index contributed by atoms with van der Waals surface area (Å²) in [5.41, 5.74) is 1.09. The van der Waals surface area contributed by atoms with Gasteiger partial charge in [-0.15, -0.1) is 0 Å². The molecule has 0 amide bonds. The predicted molar refractivity (Wildman–Crippen MR) is 84.6 cm³/mol. The summed E-state index contributed by atoms with van der Waals surface area (Å²) in [5.74, 6) is 0.645. The smallest absolute Gasteiger partial charge is 0.268 e. The van der Waals surface area contributed by atoms with Gasteiger partial charge >= 0.3 is 0 Å². The number of ether oxygens (including phenoxy) is 1. The standard InChI is InChI=1S/C15H16INO2/c1-11(2)17-9-8-13(14(16)15(17)18)19-10-12-6-4-3-5-7-12/h3-9,11H,10H2,1-2H3. The van der Waals surface area contributed by atoms with Gasteiger partial charge in [0.1, 0.15) is 15.9 Å². The molecule has 0 atom stereocenters. The molecule has 0 aliphatic heterocycles. The number of benzene rings is 1. The average Bonchev–Trinajstić information content (AvgIpc) is 2.41. The Balaban J connectivity index is 2.18. The van der Waals surface area contributed by atoms with Crippen molar-refractivity contribution in [1.82, 2.24) is 4.57 Å². The van der Waals surface area contributed by atoms with Crippen LogP contribution in [0.2, 0.25) is 0 Å². The fraction of sp³-hybridized carbons (Fsp3) is 0.267. The van der Waals surface area contributed by atoms with E-state index in [9.17, 15) is 4.79 Å². The summed E-state index contributed by atoms with van der Waals surface area (Å²) in [7, 11) is 0. The van der Waals surface area contributed by atoms with Crippen molar-refractivity contribution in [3.8, 4) is 5.75 Å². The Morgan fingerprint density at radius 2 is 1.89 bits per heavy atom. The zero-order chi connectivity index (χ0) is 13.8. The molecule has 1 heterocycles.